The Morgan fingerprint density at radius 2 is 1.81 bits per heavy atom. The number of aliphatic carboxylic acids is 1. The number of carbonyl (C=O) groups is 3. The highest BCUT2D eigenvalue weighted by molar-refractivity contribution is 8.00. The number of amides is 2. The summed E-state index contributed by atoms with van der Waals surface area (Å²) >= 11 is 1.36. The van der Waals surface area contributed by atoms with Crippen LogP contribution in [-0.4, -0.2) is 33.1 Å². The maximum absolute atomic E-state index is 12.3. The molecule has 2 aromatic rings. The molecule has 1 aromatic heterocycles. The van der Waals surface area contributed by atoms with E-state index in [1.165, 1.54) is 11.8 Å². The van der Waals surface area contributed by atoms with E-state index in [0.29, 0.717) is 11.4 Å². The lowest BCUT2D eigenvalue weighted by Gasteiger charge is -2.13. The first-order valence-corrected chi connectivity index (χ1v) is 8.81. The molecule has 0 aliphatic carbocycles. The third-order valence-electron chi connectivity index (χ3n) is 3.31. The van der Waals surface area contributed by atoms with E-state index < -0.39 is 5.97 Å². The summed E-state index contributed by atoms with van der Waals surface area (Å²) in [6.07, 6.45) is 2.90. The summed E-state index contributed by atoms with van der Waals surface area (Å²) in [4.78, 5) is 39.2. The number of anilines is 2. The van der Waals surface area contributed by atoms with Gasteiger partial charge in [-0.3, -0.25) is 19.4 Å². The second kappa shape index (κ2) is 9.57. The van der Waals surface area contributed by atoms with Gasteiger partial charge < -0.3 is 15.7 Å². The topological polar surface area (TPSA) is 108 Å². The fourth-order valence-electron chi connectivity index (χ4n) is 2.03. The standard InChI is InChI=1S/C18H19N3O4S/c1-12(18(25)21-13-7-9-19-10-8-13)26-15-4-2-3-14(11-15)20-16(22)5-6-17(23)24/h2-4,7-12H,5-6H2,1H3,(H,20,22)(H,23,24)(H,19,21,25). The number of rotatable bonds is 8. The van der Waals surface area contributed by atoms with Crippen molar-refractivity contribution in [2.75, 3.05) is 10.6 Å². The van der Waals surface area contributed by atoms with Crippen LogP contribution in [0, 0.1) is 0 Å². The highest BCUT2D eigenvalue weighted by Gasteiger charge is 2.15. The van der Waals surface area contributed by atoms with E-state index in [4.69, 9.17) is 5.11 Å². The van der Waals surface area contributed by atoms with Gasteiger partial charge in [0, 0.05) is 35.1 Å². The molecule has 7 nitrogen and oxygen atoms in total. The number of benzene rings is 1. The van der Waals surface area contributed by atoms with E-state index in [-0.39, 0.29) is 29.9 Å². The first kappa shape index (κ1) is 19.5. The lowest BCUT2D eigenvalue weighted by atomic mass is 10.2. The molecule has 2 rings (SSSR count). The molecule has 0 saturated carbocycles. The predicted octanol–water partition coefficient (Wildman–Crippen LogP) is 3.00. The minimum Gasteiger partial charge on any atom is -0.481 e. The second-order valence-electron chi connectivity index (χ2n) is 5.45. The number of nitrogens with zero attached hydrogens (tertiary/aromatic N) is 1. The average molecular weight is 373 g/mol. The lowest BCUT2D eigenvalue weighted by molar-refractivity contribution is -0.138. The van der Waals surface area contributed by atoms with E-state index in [0.717, 1.165) is 4.90 Å². The normalized spacial score (nSPS) is 11.4. The molecule has 8 heteroatoms. The first-order chi connectivity index (χ1) is 12.4. The van der Waals surface area contributed by atoms with Crippen LogP contribution in [0.1, 0.15) is 19.8 Å². The van der Waals surface area contributed by atoms with Crippen LogP contribution in [-0.2, 0) is 14.4 Å². The highest BCUT2D eigenvalue weighted by Crippen LogP contribution is 2.26. The first-order valence-electron chi connectivity index (χ1n) is 7.93. The molecule has 0 spiro atoms. The predicted molar refractivity (Wildman–Crippen MR) is 100 cm³/mol. The van der Waals surface area contributed by atoms with Crippen LogP contribution in [0.4, 0.5) is 11.4 Å². The lowest BCUT2D eigenvalue weighted by Crippen LogP contribution is -2.22. The molecule has 0 fully saturated rings. The zero-order valence-corrected chi connectivity index (χ0v) is 15.0. The molecule has 0 bridgehead atoms. The monoisotopic (exact) mass is 373 g/mol. The van der Waals surface area contributed by atoms with Crippen molar-refractivity contribution in [2.24, 2.45) is 0 Å². The Hall–Kier alpha value is -2.87. The Morgan fingerprint density at radius 1 is 1.08 bits per heavy atom. The van der Waals surface area contributed by atoms with Gasteiger partial charge in [0.2, 0.25) is 11.8 Å². The number of carboxylic acids is 1. The van der Waals surface area contributed by atoms with Crippen molar-refractivity contribution in [2.45, 2.75) is 29.9 Å². The van der Waals surface area contributed by atoms with Gasteiger partial charge in [-0.05, 0) is 37.3 Å². The van der Waals surface area contributed by atoms with E-state index >= 15 is 0 Å². The summed E-state index contributed by atoms with van der Waals surface area (Å²) in [5, 5.41) is 13.7. The Balaban J connectivity index is 1.91. The van der Waals surface area contributed by atoms with E-state index in [2.05, 4.69) is 15.6 Å². The van der Waals surface area contributed by atoms with Gasteiger partial charge in [0.1, 0.15) is 0 Å². The van der Waals surface area contributed by atoms with Crippen molar-refractivity contribution in [3.05, 3.63) is 48.8 Å². The van der Waals surface area contributed by atoms with Gasteiger partial charge in [-0.1, -0.05) is 6.07 Å². The van der Waals surface area contributed by atoms with Crippen LogP contribution >= 0.6 is 11.8 Å². The maximum atomic E-state index is 12.3. The number of thioether (sulfide) groups is 1. The fourth-order valence-corrected chi connectivity index (χ4v) is 2.95. The smallest absolute Gasteiger partial charge is 0.303 e. The number of carboxylic acid groups (broad SMARTS) is 1. The van der Waals surface area contributed by atoms with Crippen molar-refractivity contribution in [1.29, 1.82) is 0 Å². The molecule has 0 aliphatic heterocycles. The molecule has 0 saturated heterocycles. The number of hydrogen-bond acceptors (Lipinski definition) is 5. The van der Waals surface area contributed by atoms with Gasteiger partial charge in [0.25, 0.3) is 0 Å². The van der Waals surface area contributed by atoms with Gasteiger partial charge in [-0.15, -0.1) is 11.8 Å². The Labute approximate surface area is 155 Å². The van der Waals surface area contributed by atoms with Crippen LogP contribution in [0.2, 0.25) is 0 Å². The Morgan fingerprint density at radius 3 is 2.50 bits per heavy atom. The van der Waals surface area contributed by atoms with Crippen molar-refractivity contribution in [3.63, 3.8) is 0 Å². The number of carbonyl (C=O) groups excluding carboxylic acids is 2. The highest BCUT2D eigenvalue weighted by atomic mass is 32.2. The molecule has 1 aromatic carbocycles. The van der Waals surface area contributed by atoms with Gasteiger partial charge in [0.15, 0.2) is 0 Å². The van der Waals surface area contributed by atoms with E-state index in [1.807, 2.05) is 6.07 Å². The quantitative estimate of drug-likeness (QED) is 0.614. The third kappa shape index (κ3) is 6.56. The molecule has 0 aliphatic rings. The Bertz CT molecular complexity index is 783. The molecule has 1 atom stereocenters. The number of hydrogen-bond donors (Lipinski definition) is 3. The third-order valence-corrected chi connectivity index (χ3v) is 4.41. The van der Waals surface area contributed by atoms with E-state index in [1.54, 1.807) is 49.6 Å². The molecule has 26 heavy (non-hydrogen) atoms. The second-order valence-corrected chi connectivity index (χ2v) is 6.87. The number of aromatic nitrogens is 1. The molecule has 1 heterocycles. The molecule has 3 N–H and O–H groups in total. The van der Waals surface area contributed by atoms with Gasteiger partial charge in [-0.25, -0.2) is 0 Å². The zero-order valence-electron chi connectivity index (χ0n) is 14.1. The number of nitrogens with one attached hydrogen (secondary N) is 2. The van der Waals surface area contributed by atoms with Gasteiger partial charge in [0.05, 0.1) is 11.7 Å². The summed E-state index contributed by atoms with van der Waals surface area (Å²) in [7, 11) is 0. The summed E-state index contributed by atoms with van der Waals surface area (Å²) in [6, 6.07) is 10.5. The van der Waals surface area contributed by atoms with Crippen molar-refractivity contribution in [3.8, 4) is 0 Å². The van der Waals surface area contributed by atoms with Crippen molar-refractivity contribution in [1.82, 2.24) is 4.98 Å². The molecular weight excluding hydrogens is 354 g/mol. The summed E-state index contributed by atoms with van der Waals surface area (Å²) in [6.45, 7) is 1.79. The minimum atomic E-state index is -1.02. The van der Waals surface area contributed by atoms with Gasteiger partial charge >= 0.3 is 5.97 Å². The minimum absolute atomic E-state index is 0.0859. The van der Waals surface area contributed by atoms with Gasteiger partial charge in [-0.2, -0.15) is 0 Å². The summed E-state index contributed by atoms with van der Waals surface area (Å²) < 4.78 is 0. The molecule has 0 radical (unpaired) electrons. The maximum Gasteiger partial charge on any atom is 0.303 e. The summed E-state index contributed by atoms with van der Waals surface area (Å²) in [5.41, 5.74) is 1.24. The fraction of sp³-hybridized carbons (Fsp3) is 0.222. The van der Waals surface area contributed by atoms with E-state index in [9.17, 15) is 14.4 Å². The van der Waals surface area contributed by atoms with Crippen molar-refractivity contribution < 1.29 is 19.5 Å². The Kier molecular flexibility index (Phi) is 7.16. The summed E-state index contributed by atoms with van der Waals surface area (Å²) in [5.74, 6) is -1.52. The molecule has 136 valence electrons. The van der Waals surface area contributed by atoms with Crippen LogP contribution in [0.5, 0.6) is 0 Å². The SMILES string of the molecule is CC(Sc1cccc(NC(=O)CCC(=O)O)c1)C(=O)Nc1ccncc1. The van der Waals surface area contributed by atoms with Crippen LogP contribution < -0.4 is 10.6 Å². The van der Waals surface area contributed by atoms with Crippen LogP contribution in [0.3, 0.4) is 0 Å². The number of pyridine rings is 1. The van der Waals surface area contributed by atoms with Crippen LogP contribution in [0.15, 0.2) is 53.7 Å². The van der Waals surface area contributed by atoms with Crippen LogP contribution in [0.25, 0.3) is 0 Å². The molecular formula is C18H19N3O4S. The largest absolute Gasteiger partial charge is 0.481 e. The molecule has 1 unspecified atom stereocenters. The molecule has 2 amide bonds. The van der Waals surface area contributed by atoms with Crippen molar-refractivity contribution >= 4 is 40.9 Å². The zero-order chi connectivity index (χ0) is 18.9. The average Bonchev–Trinajstić information content (AvgIpc) is 2.61.